The lowest BCUT2D eigenvalue weighted by molar-refractivity contribution is -0.00786. The Labute approximate surface area is 124 Å². The summed E-state index contributed by atoms with van der Waals surface area (Å²) < 4.78 is 0. The van der Waals surface area contributed by atoms with Crippen molar-refractivity contribution in [3.8, 4) is 11.5 Å². The first kappa shape index (κ1) is 15.6. The van der Waals surface area contributed by atoms with Crippen LogP contribution in [0.1, 0.15) is 49.4 Å². The van der Waals surface area contributed by atoms with Crippen LogP contribution in [0.25, 0.3) is 0 Å². The number of phenolic OH excluding ortho intramolecular Hbond substituents is 2. The number of hydrogen-bond donors (Lipinski definition) is 4. The molecule has 1 aliphatic carbocycles. The molecule has 0 radical (unpaired) electrons. The molecule has 0 unspecified atom stereocenters. The number of amides is 1. The van der Waals surface area contributed by atoms with Crippen molar-refractivity contribution in [2.45, 2.75) is 44.6 Å². The van der Waals surface area contributed by atoms with Gasteiger partial charge in [-0.25, -0.2) is 0 Å². The van der Waals surface area contributed by atoms with E-state index < -0.39 is 11.5 Å². The van der Waals surface area contributed by atoms with E-state index in [1.54, 1.807) is 0 Å². The second-order valence-electron chi connectivity index (χ2n) is 6.00. The van der Waals surface area contributed by atoms with Crippen LogP contribution in [0.4, 0.5) is 0 Å². The summed E-state index contributed by atoms with van der Waals surface area (Å²) in [5.41, 5.74) is -0.668. The van der Waals surface area contributed by atoms with Crippen molar-refractivity contribution in [3.63, 3.8) is 0 Å². The molecular formula is C16H23NO4. The molecule has 4 N–H and O–H groups in total. The minimum absolute atomic E-state index is 0.165. The Morgan fingerprint density at radius 1 is 1.24 bits per heavy atom. The molecule has 0 atom stereocenters. The zero-order valence-corrected chi connectivity index (χ0v) is 12.3. The van der Waals surface area contributed by atoms with Crippen LogP contribution in [0, 0.1) is 5.92 Å². The minimum atomic E-state index is -0.847. The number of phenols is 2. The van der Waals surface area contributed by atoms with Crippen LogP contribution in [-0.4, -0.2) is 33.4 Å². The van der Waals surface area contributed by atoms with Gasteiger partial charge >= 0.3 is 0 Å². The Balaban J connectivity index is 1.92. The Bertz CT molecular complexity index is 487. The third-order valence-corrected chi connectivity index (χ3v) is 4.36. The lowest BCUT2D eigenvalue weighted by Gasteiger charge is -2.35. The molecule has 0 heterocycles. The van der Waals surface area contributed by atoms with E-state index in [4.69, 9.17) is 0 Å². The molecule has 0 bridgehead atoms. The van der Waals surface area contributed by atoms with Crippen LogP contribution >= 0.6 is 0 Å². The maximum atomic E-state index is 12.0. The molecule has 2 rings (SSSR count). The van der Waals surface area contributed by atoms with E-state index in [9.17, 15) is 20.1 Å². The summed E-state index contributed by atoms with van der Waals surface area (Å²) in [6.45, 7) is 2.35. The number of carbonyl (C=O) groups excluding carboxylic acids is 1. The second-order valence-corrected chi connectivity index (χ2v) is 6.00. The summed E-state index contributed by atoms with van der Waals surface area (Å²) in [4.78, 5) is 12.0. The molecular weight excluding hydrogens is 270 g/mol. The van der Waals surface area contributed by atoms with E-state index in [0.29, 0.717) is 18.8 Å². The van der Waals surface area contributed by atoms with Crippen molar-refractivity contribution in [3.05, 3.63) is 23.8 Å². The smallest absolute Gasteiger partial charge is 0.251 e. The zero-order chi connectivity index (χ0) is 15.5. The Morgan fingerprint density at radius 3 is 2.33 bits per heavy atom. The fourth-order valence-electron chi connectivity index (χ4n) is 2.87. The van der Waals surface area contributed by atoms with Gasteiger partial charge in [-0.15, -0.1) is 0 Å². The van der Waals surface area contributed by atoms with Crippen LogP contribution < -0.4 is 5.32 Å². The van der Waals surface area contributed by atoms with Gasteiger partial charge in [0.15, 0.2) is 0 Å². The van der Waals surface area contributed by atoms with Crippen molar-refractivity contribution in [2.75, 3.05) is 6.54 Å². The van der Waals surface area contributed by atoms with Gasteiger partial charge in [0.1, 0.15) is 11.5 Å². The topological polar surface area (TPSA) is 89.8 Å². The molecule has 1 aliphatic rings. The molecule has 1 saturated carbocycles. The second kappa shape index (κ2) is 6.35. The van der Waals surface area contributed by atoms with E-state index in [1.165, 1.54) is 12.1 Å². The first-order valence-electron chi connectivity index (χ1n) is 7.45. The van der Waals surface area contributed by atoms with Crippen LogP contribution in [0.5, 0.6) is 11.5 Å². The largest absolute Gasteiger partial charge is 0.508 e. The number of aromatic hydroxyl groups is 2. The average molecular weight is 293 g/mol. The molecule has 116 valence electrons. The summed E-state index contributed by atoms with van der Waals surface area (Å²) in [7, 11) is 0. The molecule has 1 aromatic carbocycles. The molecule has 5 heteroatoms. The van der Waals surface area contributed by atoms with E-state index in [1.807, 2.05) is 0 Å². The van der Waals surface area contributed by atoms with Gasteiger partial charge in [0.05, 0.1) is 5.60 Å². The molecule has 0 aromatic heterocycles. The van der Waals surface area contributed by atoms with Crippen molar-refractivity contribution < 1.29 is 20.1 Å². The predicted octanol–water partition coefficient (Wildman–Crippen LogP) is 2.16. The monoisotopic (exact) mass is 293 g/mol. The van der Waals surface area contributed by atoms with Gasteiger partial charge in [-0.3, -0.25) is 4.79 Å². The van der Waals surface area contributed by atoms with Crippen molar-refractivity contribution in [2.24, 2.45) is 5.92 Å². The fourth-order valence-corrected chi connectivity index (χ4v) is 2.87. The number of nitrogens with one attached hydrogen (secondary N) is 1. The molecule has 1 fully saturated rings. The van der Waals surface area contributed by atoms with Gasteiger partial charge in [0, 0.05) is 18.2 Å². The summed E-state index contributed by atoms with van der Waals surface area (Å²) in [6, 6.07) is 3.73. The Kier molecular flexibility index (Phi) is 4.73. The first-order valence-corrected chi connectivity index (χ1v) is 7.45. The summed E-state index contributed by atoms with van der Waals surface area (Å²) >= 11 is 0. The van der Waals surface area contributed by atoms with Crippen LogP contribution in [0.2, 0.25) is 0 Å². The molecule has 21 heavy (non-hydrogen) atoms. The van der Waals surface area contributed by atoms with Gasteiger partial charge < -0.3 is 20.6 Å². The predicted molar refractivity (Wildman–Crippen MR) is 79.3 cm³/mol. The number of benzene rings is 1. The molecule has 0 spiro atoms. The van der Waals surface area contributed by atoms with Crippen LogP contribution in [0.15, 0.2) is 18.2 Å². The van der Waals surface area contributed by atoms with Crippen LogP contribution in [-0.2, 0) is 0 Å². The maximum Gasteiger partial charge on any atom is 0.251 e. The average Bonchev–Trinajstić information content (AvgIpc) is 2.45. The van der Waals surface area contributed by atoms with E-state index >= 15 is 0 Å². The highest BCUT2D eigenvalue weighted by atomic mass is 16.3. The van der Waals surface area contributed by atoms with Crippen molar-refractivity contribution >= 4 is 5.91 Å². The lowest BCUT2D eigenvalue weighted by atomic mass is 9.78. The number of hydrogen-bond acceptors (Lipinski definition) is 4. The summed E-state index contributed by atoms with van der Waals surface area (Å²) in [6.07, 6.45) is 4.48. The van der Waals surface area contributed by atoms with E-state index in [-0.39, 0.29) is 23.6 Å². The first-order chi connectivity index (χ1) is 9.92. The standard InChI is InChI=1S/C16H23NO4/c1-2-11-3-5-16(21,6-4-11)10-17-15(20)12-7-13(18)9-14(19)8-12/h7-9,11,18-19,21H,2-6,10H2,1H3,(H,17,20). The Morgan fingerprint density at radius 2 is 1.81 bits per heavy atom. The molecule has 1 aromatic rings. The van der Waals surface area contributed by atoms with Crippen LogP contribution in [0.3, 0.4) is 0 Å². The Hall–Kier alpha value is -1.75. The third-order valence-electron chi connectivity index (χ3n) is 4.36. The van der Waals surface area contributed by atoms with Gasteiger partial charge in [-0.05, 0) is 43.7 Å². The van der Waals surface area contributed by atoms with Gasteiger partial charge in [-0.2, -0.15) is 0 Å². The highest BCUT2D eigenvalue weighted by Crippen LogP contribution is 2.33. The SMILES string of the molecule is CCC1CCC(O)(CNC(=O)c2cc(O)cc(O)c2)CC1. The number of carbonyl (C=O) groups is 1. The van der Waals surface area contributed by atoms with E-state index in [2.05, 4.69) is 12.2 Å². The number of aliphatic hydroxyl groups is 1. The number of rotatable bonds is 4. The molecule has 5 nitrogen and oxygen atoms in total. The van der Waals surface area contributed by atoms with Crippen molar-refractivity contribution in [1.82, 2.24) is 5.32 Å². The highest BCUT2D eigenvalue weighted by Gasteiger charge is 2.32. The lowest BCUT2D eigenvalue weighted by Crippen LogP contribution is -2.45. The molecule has 0 aliphatic heterocycles. The fraction of sp³-hybridized carbons (Fsp3) is 0.562. The van der Waals surface area contributed by atoms with Gasteiger partial charge in [-0.1, -0.05) is 13.3 Å². The summed E-state index contributed by atoms with van der Waals surface area (Å²) in [5.74, 6) is -0.0686. The maximum absolute atomic E-state index is 12.0. The third kappa shape index (κ3) is 4.11. The van der Waals surface area contributed by atoms with Crippen molar-refractivity contribution in [1.29, 1.82) is 0 Å². The summed E-state index contributed by atoms with van der Waals surface area (Å²) in [5, 5.41) is 31.9. The highest BCUT2D eigenvalue weighted by molar-refractivity contribution is 5.95. The quantitative estimate of drug-likeness (QED) is 0.685. The van der Waals surface area contributed by atoms with E-state index in [0.717, 1.165) is 25.3 Å². The normalized spacial score (nSPS) is 25.5. The minimum Gasteiger partial charge on any atom is -0.508 e. The van der Waals surface area contributed by atoms with Gasteiger partial charge in [0.25, 0.3) is 5.91 Å². The molecule has 1 amide bonds. The van der Waals surface area contributed by atoms with Gasteiger partial charge in [0.2, 0.25) is 0 Å². The zero-order valence-electron chi connectivity index (χ0n) is 12.3. The molecule has 0 saturated heterocycles.